The molecule has 0 saturated heterocycles. The molecule has 144 valence electrons. The highest BCUT2D eigenvalue weighted by Gasteiger charge is 2.28. The van der Waals surface area contributed by atoms with Crippen LogP contribution >= 0.6 is 11.3 Å². The molecule has 8 heteroatoms. The Labute approximate surface area is 170 Å². The zero-order valence-electron chi connectivity index (χ0n) is 15.2. The number of carbonyl (C=O) groups is 1. The predicted molar refractivity (Wildman–Crippen MR) is 109 cm³/mol. The van der Waals surface area contributed by atoms with Gasteiger partial charge in [-0.1, -0.05) is 24.3 Å². The van der Waals surface area contributed by atoms with E-state index in [9.17, 15) is 9.18 Å². The predicted octanol–water partition coefficient (Wildman–Crippen LogP) is 4.79. The van der Waals surface area contributed by atoms with Crippen molar-refractivity contribution < 1.29 is 9.18 Å². The number of halogens is 1. The van der Waals surface area contributed by atoms with Gasteiger partial charge in [0.25, 0.3) is 5.91 Å². The van der Waals surface area contributed by atoms with Crippen LogP contribution in [0, 0.1) is 5.82 Å². The lowest BCUT2D eigenvalue weighted by molar-refractivity contribution is 0.103. The second-order valence-corrected chi connectivity index (χ2v) is 7.97. The number of rotatable bonds is 5. The summed E-state index contributed by atoms with van der Waals surface area (Å²) in [5.41, 5.74) is 2.41. The van der Waals surface area contributed by atoms with Crippen molar-refractivity contribution in [1.29, 1.82) is 0 Å². The monoisotopic (exact) mass is 405 g/mol. The van der Waals surface area contributed by atoms with Gasteiger partial charge in [-0.15, -0.1) is 16.4 Å². The number of hydrogen-bond donors (Lipinski definition) is 1. The molecule has 1 saturated carbocycles. The Bertz CT molecular complexity index is 1180. The fraction of sp³-hybridized carbons (Fsp3) is 0.143. The minimum Gasteiger partial charge on any atom is -0.321 e. The number of aromatic nitrogens is 4. The van der Waals surface area contributed by atoms with Gasteiger partial charge >= 0.3 is 0 Å². The molecule has 0 aliphatic heterocycles. The Kier molecular flexibility index (Phi) is 4.40. The quantitative estimate of drug-likeness (QED) is 0.518. The van der Waals surface area contributed by atoms with E-state index >= 15 is 0 Å². The maximum Gasteiger partial charge on any atom is 0.265 e. The van der Waals surface area contributed by atoms with Crippen molar-refractivity contribution in [3.05, 3.63) is 71.4 Å². The summed E-state index contributed by atoms with van der Waals surface area (Å²) in [5, 5.41) is 14.9. The molecule has 2 heterocycles. The van der Waals surface area contributed by atoms with E-state index in [-0.39, 0.29) is 11.7 Å². The SMILES string of the molecule is O=C(Nc1cccc(-c2nnnn2C2CC2)c1)c1ccc(-c2ccc(F)cc2)s1. The first-order valence-electron chi connectivity index (χ1n) is 9.23. The molecule has 2 aromatic heterocycles. The smallest absolute Gasteiger partial charge is 0.265 e. The van der Waals surface area contributed by atoms with Gasteiger partial charge in [-0.3, -0.25) is 4.79 Å². The van der Waals surface area contributed by atoms with Gasteiger partial charge in [-0.05, 0) is 65.2 Å². The third-order valence-electron chi connectivity index (χ3n) is 4.72. The zero-order chi connectivity index (χ0) is 19.8. The van der Waals surface area contributed by atoms with Crippen LogP contribution in [-0.2, 0) is 0 Å². The van der Waals surface area contributed by atoms with Crippen LogP contribution in [0.5, 0.6) is 0 Å². The summed E-state index contributed by atoms with van der Waals surface area (Å²) in [6.45, 7) is 0. The van der Waals surface area contributed by atoms with E-state index in [0.29, 0.717) is 22.4 Å². The first-order chi connectivity index (χ1) is 14.2. The number of amides is 1. The van der Waals surface area contributed by atoms with Gasteiger partial charge in [-0.2, -0.15) is 0 Å². The van der Waals surface area contributed by atoms with Crippen molar-refractivity contribution in [2.24, 2.45) is 0 Å². The van der Waals surface area contributed by atoms with Gasteiger partial charge in [0, 0.05) is 16.1 Å². The number of benzene rings is 2. The molecule has 1 fully saturated rings. The minimum atomic E-state index is -0.282. The fourth-order valence-corrected chi connectivity index (χ4v) is 4.01. The number of hydrogen-bond acceptors (Lipinski definition) is 5. The van der Waals surface area contributed by atoms with Gasteiger partial charge < -0.3 is 5.32 Å². The van der Waals surface area contributed by atoms with Crippen molar-refractivity contribution in [3.63, 3.8) is 0 Å². The molecule has 5 rings (SSSR count). The lowest BCUT2D eigenvalue weighted by Gasteiger charge is -2.07. The van der Waals surface area contributed by atoms with Crippen LogP contribution in [0.25, 0.3) is 21.8 Å². The van der Waals surface area contributed by atoms with Crippen molar-refractivity contribution >= 4 is 22.9 Å². The Morgan fingerprint density at radius 3 is 2.69 bits per heavy atom. The minimum absolute atomic E-state index is 0.192. The molecule has 1 amide bonds. The molecular weight excluding hydrogens is 389 g/mol. The summed E-state index contributed by atoms with van der Waals surface area (Å²) >= 11 is 1.36. The second kappa shape index (κ2) is 7.21. The number of nitrogens with one attached hydrogen (secondary N) is 1. The highest BCUT2D eigenvalue weighted by Crippen LogP contribution is 2.37. The van der Waals surface area contributed by atoms with E-state index in [1.165, 1.54) is 23.5 Å². The van der Waals surface area contributed by atoms with E-state index < -0.39 is 0 Å². The summed E-state index contributed by atoms with van der Waals surface area (Å²) in [6.07, 6.45) is 2.17. The third kappa shape index (κ3) is 3.66. The van der Waals surface area contributed by atoms with Gasteiger partial charge in [0.1, 0.15) is 5.82 Å². The first-order valence-corrected chi connectivity index (χ1v) is 10.0. The van der Waals surface area contributed by atoms with E-state index in [2.05, 4.69) is 20.8 Å². The van der Waals surface area contributed by atoms with Gasteiger partial charge in [0.05, 0.1) is 10.9 Å². The van der Waals surface area contributed by atoms with Gasteiger partial charge in [0.15, 0.2) is 5.82 Å². The first kappa shape index (κ1) is 17.7. The van der Waals surface area contributed by atoms with E-state index in [1.807, 2.05) is 35.0 Å². The molecule has 4 aromatic rings. The van der Waals surface area contributed by atoms with Crippen molar-refractivity contribution in [2.75, 3.05) is 5.32 Å². The Morgan fingerprint density at radius 1 is 1.07 bits per heavy atom. The highest BCUT2D eigenvalue weighted by molar-refractivity contribution is 7.17. The average molecular weight is 405 g/mol. The summed E-state index contributed by atoms with van der Waals surface area (Å²) in [5.74, 6) is 0.233. The highest BCUT2D eigenvalue weighted by atomic mass is 32.1. The van der Waals surface area contributed by atoms with Crippen LogP contribution in [0.3, 0.4) is 0 Å². The van der Waals surface area contributed by atoms with Gasteiger partial charge in [-0.25, -0.2) is 9.07 Å². The number of carbonyl (C=O) groups excluding carboxylic acids is 1. The van der Waals surface area contributed by atoms with E-state index in [1.54, 1.807) is 18.2 Å². The van der Waals surface area contributed by atoms with Crippen molar-refractivity contribution in [2.45, 2.75) is 18.9 Å². The standard InChI is InChI=1S/C21H16FN5OS/c22-15-6-4-13(5-7-15)18-10-11-19(29-18)21(28)23-16-3-1-2-14(12-16)20-24-25-26-27(20)17-8-9-17/h1-7,10-12,17H,8-9H2,(H,23,28). The van der Waals surface area contributed by atoms with Crippen LogP contribution in [0.4, 0.5) is 10.1 Å². The Hall–Kier alpha value is -3.39. The molecule has 1 N–H and O–H groups in total. The Morgan fingerprint density at radius 2 is 1.90 bits per heavy atom. The summed E-state index contributed by atoms with van der Waals surface area (Å²) in [7, 11) is 0. The topological polar surface area (TPSA) is 72.7 Å². The number of thiophene rings is 1. The van der Waals surface area contributed by atoms with Crippen molar-refractivity contribution in [3.8, 4) is 21.8 Å². The Balaban J connectivity index is 1.35. The zero-order valence-corrected chi connectivity index (χ0v) is 16.1. The molecule has 2 aromatic carbocycles. The van der Waals surface area contributed by atoms with Crippen LogP contribution in [0.2, 0.25) is 0 Å². The number of tetrazole rings is 1. The fourth-order valence-electron chi connectivity index (χ4n) is 3.11. The summed E-state index contributed by atoms with van der Waals surface area (Å²) in [6, 6.07) is 17.8. The molecule has 0 unspecified atom stereocenters. The van der Waals surface area contributed by atoms with Crippen LogP contribution in [0.1, 0.15) is 28.6 Å². The van der Waals surface area contributed by atoms with Crippen LogP contribution < -0.4 is 5.32 Å². The molecule has 0 bridgehead atoms. The molecule has 0 atom stereocenters. The van der Waals surface area contributed by atoms with E-state index in [4.69, 9.17) is 0 Å². The molecule has 0 spiro atoms. The summed E-state index contributed by atoms with van der Waals surface area (Å²) < 4.78 is 15.0. The molecule has 1 aliphatic rings. The largest absolute Gasteiger partial charge is 0.321 e. The molecule has 6 nitrogen and oxygen atoms in total. The maximum atomic E-state index is 13.1. The van der Waals surface area contributed by atoms with Crippen LogP contribution in [0.15, 0.2) is 60.7 Å². The maximum absolute atomic E-state index is 13.1. The number of anilines is 1. The lowest BCUT2D eigenvalue weighted by Crippen LogP contribution is -2.10. The number of nitrogens with zero attached hydrogens (tertiary/aromatic N) is 4. The van der Waals surface area contributed by atoms with Crippen LogP contribution in [-0.4, -0.2) is 26.1 Å². The summed E-state index contributed by atoms with van der Waals surface area (Å²) in [4.78, 5) is 14.2. The molecule has 29 heavy (non-hydrogen) atoms. The molecule has 0 radical (unpaired) electrons. The van der Waals surface area contributed by atoms with E-state index in [0.717, 1.165) is 28.8 Å². The second-order valence-electron chi connectivity index (χ2n) is 6.88. The third-order valence-corrected chi connectivity index (χ3v) is 5.86. The van der Waals surface area contributed by atoms with Crippen molar-refractivity contribution in [1.82, 2.24) is 20.2 Å². The normalized spacial score (nSPS) is 13.4. The average Bonchev–Trinajstić information content (AvgIpc) is 3.26. The molecule has 1 aliphatic carbocycles. The lowest BCUT2D eigenvalue weighted by atomic mass is 10.2. The molecular formula is C21H16FN5OS. The van der Waals surface area contributed by atoms with Gasteiger partial charge in [0.2, 0.25) is 0 Å².